The third-order valence-electron chi connectivity index (χ3n) is 4.20. The average Bonchev–Trinajstić information content (AvgIpc) is 3.25. The van der Waals surface area contributed by atoms with Gasteiger partial charge in [0.15, 0.2) is 0 Å². The summed E-state index contributed by atoms with van der Waals surface area (Å²) in [5.74, 6) is -0.0226. The maximum absolute atomic E-state index is 12.4. The fraction of sp³-hybridized carbons (Fsp3) is 0.312. The van der Waals surface area contributed by atoms with Crippen molar-refractivity contribution >= 4 is 23.2 Å². The van der Waals surface area contributed by atoms with Crippen molar-refractivity contribution in [2.45, 2.75) is 19.4 Å². The van der Waals surface area contributed by atoms with Gasteiger partial charge in [-0.1, -0.05) is 18.2 Å². The highest BCUT2D eigenvalue weighted by Gasteiger charge is 2.47. The molecule has 1 aliphatic carbocycles. The molecule has 0 spiro atoms. The van der Waals surface area contributed by atoms with Gasteiger partial charge in [-0.25, -0.2) is 4.98 Å². The zero-order chi connectivity index (χ0) is 15.1. The second-order valence-corrected chi connectivity index (χ2v) is 6.49. The molecule has 2 atom stereocenters. The normalized spacial score (nSPS) is 24.1. The van der Waals surface area contributed by atoms with Crippen LogP contribution in [0.25, 0.3) is 10.8 Å². The van der Waals surface area contributed by atoms with E-state index < -0.39 is 0 Å². The fourth-order valence-corrected chi connectivity index (χ4v) is 3.74. The summed E-state index contributed by atoms with van der Waals surface area (Å²) >= 11 is 1.54. The maximum Gasteiger partial charge on any atom is 0.236 e. The lowest BCUT2D eigenvalue weighted by Crippen LogP contribution is -2.30. The molecule has 0 N–H and O–H groups in total. The third-order valence-corrected chi connectivity index (χ3v) is 5.06. The number of oxazole rings is 1. The number of imide groups is 1. The smallest absolute Gasteiger partial charge is 0.236 e. The van der Waals surface area contributed by atoms with Crippen molar-refractivity contribution in [2.24, 2.45) is 11.8 Å². The Morgan fingerprint density at radius 1 is 1.23 bits per heavy atom. The SMILES string of the molecule is O=C1C2CC=CCC2C(=O)N1Cc1coc(-c2cccs2)n1. The maximum atomic E-state index is 12.4. The second-order valence-electron chi connectivity index (χ2n) is 5.54. The Bertz CT molecular complexity index is 721. The van der Waals surface area contributed by atoms with Crippen LogP contribution in [0.2, 0.25) is 0 Å². The quantitative estimate of drug-likeness (QED) is 0.645. The van der Waals surface area contributed by atoms with Crippen LogP contribution >= 0.6 is 11.3 Å². The standard InChI is InChI=1S/C16H14N2O3S/c19-15-11-4-1-2-5-12(11)16(20)18(15)8-10-9-21-14(17-10)13-6-3-7-22-13/h1-3,6-7,9,11-12H,4-5,8H2. The highest BCUT2D eigenvalue weighted by atomic mass is 32.1. The molecule has 5 nitrogen and oxygen atoms in total. The predicted octanol–water partition coefficient (Wildman–Crippen LogP) is 2.85. The van der Waals surface area contributed by atoms with Gasteiger partial charge in [0.2, 0.25) is 17.7 Å². The Hall–Kier alpha value is -2.21. The van der Waals surface area contributed by atoms with E-state index in [2.05, 4.69) is 4.98 Å². The van der Waals surface area contributed by atoms with Crippen LogP contribution in [0.5, 0.6) is 0 Å². The lowest BCUT2D eigenvalue weighted by atomic mass is 9.85. The van der Waals surface area contributed by atoms with Crippen LogP contribution in [0, 0.1) is 11.8 Å². The van der Waals surface area contributed by atoms with Crippen molar-refractivity contribution in [3.05, 3.63) is 41.6 Å². The van der Waals surface area contributed by atoms with Gasteiger partial charge in [0.25, 0.3) is 0 Å². The summed E-state index contributed by atoms with van der Waals surface area (Å²) in [5, 5.41) is 1.95. The van der Waals surface area contributed by atoms with Gasteiger partial charge in [-0.05, 0) is 24.3 Å². The number of amides is 2. The Labute approximate surface area is 131 Å². The summed E-state index contributed by atoms with van der Waals surface area (Å²) in [6.45, 7) is 0.194. The number of thiophene rings is 1. The monoisotopic (exact) mass is 314 g/mol. The number of carbonyl (C=O) groups is 2. The molecule has 0 aromatic carbocycles. The molecule has 4 rings (SSSR count). The van der Waals surface area contributed by atoms with Crippen LogP contribution in [0.4, 0.5) is 0 Å². The summed E-state index contributed by atoms with van der Waals surface area (Å²) in [5.41, 5.74) is 0.608. The fourth-order valence-electron chi connectivity index (χ4n) is 3.08. The van der Waals surface area contributed by atoms with Crippen molar-refractivity contribution in [1.82, 2.24) is 9.88 Å². The van der Waals surface area contributed by atoms with Crippen molar-refractivity contribution in [3.8, 4) is 10.8 Å². The number of likely N-dealkylation sites (tertiary alicyclic amines) is 1. The summed E-state index contributed by atoms with van der Waals surface area (Å²) in [7, 11) is 0. The van der Waals surface area contributed by atoms with Crippen molar-refractivity contribution < 1.29 is 14.0 Å². The van der Waals surface area contributed by atoms with Crippen LogP contribution < -0.4 is 0 Å². The summed E-state index contributed by atoms with van der Waals surface area (Å²) in [4.78, 5) is 31.5. The van der Waals surface area contributed by atoms with Crippen molar-refractivity contribution in [1.29, 1.82) is 0 Å². The lowest BCUT2D eigenvalue weighted by molar-refractivity contribution is -0.140. The van der Waals surface area contributed by atoms with E-state index in [1.807, 2.05) is 29.7 Å². The van der Waals surface area contributed by atoms with E-state index in [-0.39, 0.29) is 30.2 Å². The highest BCUT2D eigenvalue weighted by molar-refractivity contribution is 7.13. The molecule has 2 aromatic heterocycles. The van der Waals surface area contributed by atoms with Crippen LogP contribution in [-0.2, 0) is 16.1 Å². The molecule has 0 radical (unpaired) electrons. The van der Waals surface area contributed by atoms with E-state index in [1.54, 1.807) is 0 Å². The Kier molecular flexibility index (Phi) is 3.18. The molecular formula is C16H14N2O3S. The van der Waals surface area contributed by atoms with E-state index in [9.17, 15) is 9.59 Å². The highest BCUT2D eigenvalue weighted by Crippen LogP contribution is 2.36. The molecule has 112 valence electrons. The second kappa shape index (κ2) is 5.21. The minimum Gasteiger partial charge on any atom is -0.443 e. The molecule has 22 heavy (non-hydrogen) atoms. The number of aromatic nitrogens is 1. The van der Waals surface area contributed by atoms with Gasteiger partial charge in [0.1, 0.15) is 6.26 Å². The number of nitrogens with zero attached hydrogens (tertiary/aromatic N) is 2. The zero-order valence-electron chi connectivity index (χ0n) is 11.8. The van der Waals surface area contributed by atoms with Crippen molar-refractivity contribution in [3.63, 3.8) is 0 Å². The predicted molar refractivity (Wildman–Crippen MR) is 80.7 cm³/mol. The largest absolute Gasteiger partial charge is 0.443 e. The van der Waals surface area contributed by atoms with Gasteiger partial charge >= 0.3 is 0 Å². The molecule has 6 heteroatoms. The van der Waals surface area contributed by atoms with Gasteiger partial charge in [-0.2, -0.15) is 0 Å². The van der Waals surface area contributed by atoms with Gasteiger partial charge in [-0.15, -0.1) is 11.3 Å². The average molecular weight is 314 g/mol. The summed E-state index contributed by atoms with van der Waals surface area (Å²) < 4.78 is 5.45. The number of hydrogen-bond donors (Lipinski definition) is 0. The van der Waals surface area contributed by atoms with Crippen LogP contribution in [-0.4, -0.2) is 21.7 Å². The van der Waals surface area contributed by atoms with Gasteiger partial charge in [0.05, 0.1) is 29.0 Å². The van der Waals surface area contributed by atoms with Crippen LogP contribution in [0.3, 0.4) is 0 Å². The van der Waals surface area contributed by atoms with Crippen LogP contribution in [0.15, 0.2) is 40.3 Å². The number of hydrogen-bond acceptors (Lipinski definition) is 5. The van der Waals surface area contributed by atoms with Gasteiger partial charge in [-0.3, -0.25) is 14.5 Å². The minimum absolute atomic E-state index is 0.0833. The Balaban J connectivity index is 1.54. The zero-order valence-corrected chi connectivity index (χ0v) is 12.6. The molecule has 1 saturated heterocycles. The molecule has 2 unspecified atom stereocenters. The first-order valence-electron chi connectivity index (χ1n) is 7.22. The lowest BCUT2D eigenvalue weighted by Gasteiger charge is -2.14. The van der Waals surface area contributed by atoms with E-state index in [0.717, 1.165) is 4.88 Å². The molecule has 1 fully saturated rings. The summed E-state index contributed by atoms with van der Waals surface area (Å²) in [6.07, 6.45) is 6.81. The number of allylic oxidation sites excluding steroid dienone is 2. The molecular weight excluding hydrogens is 300 g/mol. The topological polar surface area (TPSA) is 63.4 Å². The van der Waals surface area contributed by atoms with E-state index in [0.29, 0.717) is 24.4 Å². The van der Waals surface area contributed by atoms with Gasteiger partial charge in [0, 0.05) is 0 Å². The van der Waals surface area contributed by atoms with Gasteiger partial charge < -0.3 is 4.42 Å². The minimum atomic E-state index is -0.193. The molecule has 2 aliphatic rings. The van der Waals surface area contributed by atoms with E-state index >= 15 is 0 Å². The Morgan fingerprint density at radius 3 is 2.59 bits per heavy atom. The van der Waals surface area contributed by atoms with E-state index in [1.165, 1.54) is 22.5 Å². The number of carbonyl (C=O) groups excluding carboxylic acids is 2. The number of fused-ring (bicyclic) bond motifs is 1. The van der Waals surface area contributed by atoms with E-state index in [4.69, 9.17) is 4.42 Å². The van der Waals surface area contributed by atoms with Crippen LogP contribution in [0.1, 0.15) is 18.5 Å². The molecule has 2 aromatic rings. The molecule has 0 saturated carbocycles. The third kappa shape index (κ3) is 2.11. The first kappa shape index (κ1) is 13.5. The first-order valence-corrected chi connectivity index (χ1v) is 8.10. The first-order chi connectivity index (χ1) is 10.7. The molecule has 2 amide bonds. The van der Waals surface area contributed by atoms with Crippen molar-refractivity contribution in [2.75, 3.05) is 0 Å². The molecule has 0 bridgehead atoms. The molecule has 1 aliphatic heterocycles. The summed E-state index contributed by atoms with van der Waals surface area (Å²) in [6, 6.07) is 3.85. The number of rotatable bonds is 3. The Morgan fingerprint density at radius 2 is 1.95 bits per heavy atom. The molecule has 3 heterocycles.